The summed E-state index contributed by atoms with van der Waals surface area (Å²) in [5.41, 5.74) is 2.30. The molecule has 0 aliphatic rings. The number of hydrogen-bond acceptors (Lipinski definition) is 6. The summed E-state index contributed by atoms with van der Waals surface area (Å²) >= 11 is 0. The van der Waals surface area contributed by atoms with Gasteiger partial charge < -0.3 is 30.6 Å². The van der Waals surface area contributed by atoms with E-state index in [1.165, 1.54) is 0 Å². The smallest absolute Gasteiger partial charge is 0.139 e. The van der Waals surface area contributed by atoms with E-state index in [9.17, 15) is 25.5 Å². The van der Waals surface area contributed by atoms with Crippen LogP contribution in [0.3, 0.4) is 0 Å². The zero-order chi connectivity index (χ0) is 19.8. The largest absolute Gasteiger partial charge is 0.509 e. The Morgan fingerprint density at radius 2 is 1.15 bits per heavy atom. The molecule has 0 spiro atoms. The SMILES string of the molecule is OC[C@H](O)[C@@H](O)[C@@H](O)[C@@H](O)C(O)=C(Cc1ccccc1)Cc1ccccc1. The maximum Gasteiger partial charge on any atom is 0.139 e. The Morgan fingerprint density at radius 3 is 1.56 bits per heavy atom. The number of rotatable bonds is 9. The minimum Gasteiger partial charge on any atom is -0.509 e. The van der Waals surface area contributed by atoms with Crippen LogP contribution in [0.25, 0.3) is 0 Å². The van der Waals surface area contributed by atoms with Crippen LogP contribution in [0.5, 0.6) is 0 Å². The number of benzene rings is 2. The molecule has 0 saturated carbocycles. The van der Waals surface area contributed by atoms with Crippen molar-refractivity contribution in [3.05, 3.63) is 83.1 Å². The van der Waals surface area contributed by atoms with Crippen LogP contribution in [0.4, 0.5) is 0 Å². The Bertz CT molecular complexity index is 672. The zero-order valence-corrected chi connectivity index (χ0v) is 14.9. The molecule has 4 atom stereocenters. The van der Waals surface area contributed by atoms with E-state index >= 15 is 0 Å². The van der Waals surface area contributed by atoms with Crippen LogP contribution < -0.4 is 0 Å². The molecule has 2 rings (SSSR count). The van der Waals surface area contributed by atoms with Crippen LogP contribution in [0.2, 0.25) is 0 Å². The van der Waals surface area contributed by atoms with Crippen LogP contribution in [-0.2, 0) is 12.8 Å². The fourth-order valence-electron chi connectivity index (χ4n) is 2.82. The minimum absolute atomic E-state index is 0.337. The number of hydrogen-bond donors (Lipinski definition) is 6. The van der Waals surface area contributed by atoms with E-state index in [-0.39, 0.29) is 0 Å². The van der Waals surface area contributed by atoms with E-state index in [1.54, 1.807) is 0 Å². The van der Waals surface area contributed by atoms with Gasteiger partial charge in [-0.3, -0.25) is 0 Å². The summed E-state index contributed by atoms with van der Waals surface area (Å²) in [5, 5.41) is 59.2. The predicted octanol–water partition coefficient (Wildman–Crippen LogP) is 0.720. The van der Waals surface area contributed by atoms with Gasteiger partial charge in [-0.15, -0.1) is 0 Å². The second-order valence-corrected chi connectivity index (χ2v) is 6.49. The summed E-state index contributed by atoms with van der Waals surface area (Å²) in [4.78, 5) is 0. The number of allylic oxidation sites excluding steroid dienone is 1. The average molecular weight is 374 g/mol. The third-order valence-corrected chi connectivity index (χ3v) is 4.42. The molecule has 0 aliphatic carbocycles. The molecule has 6 heteroatoms. The molecular formula is C21H26O6. The average Bonchev–Trinajstić information content (AvgIpc) is 2.72. The lowest BCUT2D eigenvalue weighted by Crippen LogP contribution is -2.46. The molecular weight excluding hydrogens is 348 g/mol. The van der Waals surface area contributed by atoms with Gasteiger partial charge in [0.2, 0.25) is 0 Å². The molecule has 27 heavy (non-hydrogen) atoms. The molecule has 2 aromatic rings. The number of aliphatic hydroxyl groups is 6. The summed E-state index contributed by atoms with van der Waals surface area (Å²) in [5.74, 6) is -0.459. The zero-order valence-electron chi connectivity index (χ0n) is 14.9. The van der Waals surface area contributed by atoms with Crippen LogP contribution in [0.15, 0.2) is 72.0 Å². The number of aliphatic hydroxyl groups excluding tert-OH is 6. The normalized spacial score (nSPS) is 15.6. The second-order valence-electron chi connectivity index (χ2n) is 6.49. The van der Waals surface area contributed by atoms with E-state index in [1.807, 2.05) is 60.7 Å². The van der Waals surface area contributed by atoms with Crippen molar-refractivity contribution in [3.63, 3.8) is 0 Å². The highest BCUT2D eigenvalue weighted by Crippen LogP contribution is 2.21. The monoisotopic (exact) mass is 374 g/mol. The highest BCUT2D eigenvalue weighted by molar-refractivity contribution is 5.30. The van der Waals surface area contributed by atoms with Gasteiger partial charge in [0.05, 0.1) is 6.61 Å². The first-order valence-electron chi connectivity index (χ1n) is 8.76. The predicted molar refractivity (Wildman–Crippen MR) is 101 cm³/mol. The van der Waals surface area contributed by atoms with Crippen molar-refractivity contribution in [1.29, 1.82) is 0 Å². The Morgan fingerprint density at radius 1 is 0.704 bits per heavy atom. The molecule has 146 valence electrons. The Hall–Kier alpha value is -2.22. The minimum atomic E-state index is -1.85. The van der Waals surface area contributed by atoms with Gasteiger partial charge in [-0.2, -0.15) is 0 Å². The maximum absolute atomic E-state index is 10.6. The summed E-state index contributed by atoms with van der Waals surface area (Å²) in [6.45, 7) is -0.781. The lowest BCUT2D eigenvalue weighted by atomic mass is 9.93. The summed E-state index contributed by atoms with van der Waals surface area (Å²) in [7, 11) is 0. The van der Waals surface area contributed by atoms with E-state index in [0.717, 1.165) is 11.1 Å². The Labute approximate surface area is 158 Å². The van der Waals surface area contributed by atoms with Crippen LogP contribution in [-0.4, -0.2) is 61.7 Å². The van der Waals surface area contributed by atoms with Gasteiger partial charge in [0.25, 0.3) is 0 Å². The van der Waals surface area contributed by atoms with Gasteiger partial charge in [0, 0.05) is 0 Å². The van der Waals surface area contributed by atoms with Gasteiger partial charge in [-0.1, -0.05) is 60.7 Å². The summed E-state index contributed by atoms with van der Waals surface area (Å²) in [6, 6.07) is 18.7. The third kappa shape index (κ3) is 5.89. The Kier molecular flexibility index (Phi) is 7.97. The van der Waals surface area contributed by atoms with Crippen molar-refractivity contribution in [3.8, 4) is 0 Å². The van der Waals surface area contributed by atoms with Crippen molar-refractivity contribution in [2.24, 2.45) is 0 Å². The first-order chi connectivity index (χ1) is 12.9. The summed E-state index contributed by atoms with van der Waals surface area (Å²) in [6.07, 6.45) is -6.41. The van der Waals surface area contributed by atoms with Crippen molar-refractivity contribution >= 4 is 0 Å². The fourth-order valence-corrected chi connectivity index (χ4v) is 2.82. The lowest BCUT2D eigenvalue weighted by Gasteiger charge is -2.26. The van der Waals surface area contributed by atoms with E-state index in [0.29, 0.717) is 18.4 Å². The van der Waals surface area contributed by atoms with Crippen molar-refractivity contribution < 1.29 is 30.6 Å². The van der Waals surface area contributed by atoms with Gasteiger partial charge in [-0.05, 0) is 29.5 Å². The van der Waals surface area contributed by atoms with Gasteiger partial charge in [0.15, 0.2) is 0 Å². The van der Waals surface area contributed by atoms with E-state index < -0.39 is 36.8 Å². The molecule has 0 amide bonds. The second kappa shape index (κ2) is 10.2. The summed E-state index contributed by atoms with van der Waals surface area (Å²) < 4.78 is 0. The third-order valence-electron chi connectivity index (χ3n) is 4.42. The first kappa shape index (κ1) is 21.1. The van der Waals surface area contributed by atoms with Crippen LogP contribution >= 0.6 is 0 Å². The van der Waals surface area contributed by atoms with Crippen molar-refractivity contribution in [2.45, 2.75) is 37.3 Å². The maximum atomic E-state index is 10.6. The molecule has 0 radical (unpaired) electrons. The van der Waals surface area contributed by atoms with Crippen molar-refractivity contribution in [2.75, 3.05) is 6.61 Å². The van der Waals surface area contributed by atoms with Gasteiger partial charge >= 0.3 is 0 Å². The lowest BCUT2D eigenvalue weighted by molar-refractivity contribution is -0.113. The topological polar surface area (TPSA) is 121 Å². The fraction of sp³-hybridized carbons (Fsp3) is 0.333. The molecule has 6 N–H and O–H groups in total. The van der Waals surface area contributed by atoms with Crippen LogP contribution in [0, 0.1) is 0 Å². The molecule has 0 fully saturated rings. The van der Waals surface area contributed by atoms with Gasteiger partial charge in [0.1, 0.15) is 30.2 Å². The van der Waals surface area contributed by atoms with Crippen LogP contribution in [0.1, 0.15) is 11.1 Å². The quantitative estimate of drug-likeness (QED) is 0.360. The highest BCUT2D eigenvalue weighted by atomic mass is 16.4. The van der Waals surface area contributed by atoms with E-state index in [4.69, 9.17) is 5.11 Å². The highest BCUT2D eigenvalue weighted by Gasteiger charge is 2.33. The molecule has 0 saturated heterocycles. The first-order valence-corrected chi connectivity index (χ1v) is 8.76. The van der Waals surface area contributed by atoms with E-state index in [2.05, 4.69) is 0 Å². The molecule has 0 aliphatic heterocycles. The van der Waals surface area contributed by atoms with Gasteiger partial charge in [-0.25, -0.2) is 0 Å². The molecule has 0 heterocycles. The van der Waals surface area contributed by atoms with Crippen molar-refractivity contribution in [1.82, 2.24) is 0 Å². The standard InChI is InChI=1S/C21H26O6/c22-13-17(23)19(25)21(27)20(26)18(24)16(11-14-7-3-1-4-8-14)12-15-9-5-2-6-10-15/h1-10,17,19-27H,11-13H2/t17-,19+,20-,21+/m0/s1. The molecule has 0 bridgehead atoms. The molecule has 0 unspecified atom stereocenters. The molecule has 0 aromatic heterocycles. The Balaban J connectivity index is 2.30. The molecule has 2 aromatic carbocycles. The molecule has 6 nitrogen and oxygen atoms in total.